The van der Waals surface area contributed by atoms with Crippen molar-refractivity contribution >= 4 is 8.07 Å². The van der Waals surface area contributed by atoms with Crippen molar-refractivity contribution in [3.63, 3.8) is 0 Å². The van der Waals surface area contributed by atoms with Crippen molar-refractivity contribution in [3.05, 3.63) is 24.1 Å². The van der Waals surface area contributed by atoms with Gasteiger partial charge in [-0.25, -0.2) is 8.78 Å². The minimum Gasteiger partial charge on any atom is -0.386 e. The van der Waals surface area contributed by atoms with Gasteiger partial charge in [-0.3, -0.25) is 0 Å². The van der Waals surface area contributed by atoms with Crippen LogP contribution in [0.3, 0.4) is 0 Å². The van der Waals surface area contributed by atoms with E-state index in [4.69, 9.17) is 0 Å². The number of aliphatic hydroxyl groups is 1. The van der Waals surface area contributed by atoms with Gasteiger partial charge in [-0.1, -0.05) is 33.9 Å². The van der Waals surface area contributed by atoms with Gasteiger partial charge in [0.15, 0.2) is 0 Å². The van der Waals surface area contributed by atoms with Crippen LogP contribution in [-0.2, 0) is 0 Å². The van der Waals surface area contributed by atoms with Crippen molar-refractivity contribution in [1.29, 1.82) is 0 Å². The summed E-state index contributed by atoms with van der Waals surface area (Å²) in [5.74, 6) is -0.570. The van der Waals surface area contributed by atoms with E-state index in [0.29, 0.717) is 0 Å². The fourth-order valence-electron chi connectivity index (χ4n) is 1.78. The Morgan fingerprint density at radius 2 is 1.88 bits per heavy atom. The molecule has 0 aromatic heterocycles. The Morgan fingerprint density at radius 1 is 1.38 bits per heavy atom. The third-order valence-corrected chi connectivity index (χ3v) is 10.2. The van der Waals surface area contributed by atoms with Crippen LogP contribution in [0.5, 0.6) is 0 Å². The predicted molar refractivity (Wildman–Crippen MR) is 65.4 cm³/mol. The minimum absolute atomic E-state index is 0.214. The zero-order valence-corrected chi connectivity index (χ0v) is 11.5. The molecule has 0 heterocycles. The molecule has 0 aliphatic heterocycles. The molecule has 0 bridgehead atoms. The van der Waals surface area contributed by atoms with E-state index in [9.17, 15) is 13.9 Å². The Balaban J connectivity index is 3.18. The highest BCUT2D eigenvalue weighted by atomic mass is 28.3. The van der Waals surface area contributed by atoms with Crippen molar-refractivity contribution in [2.75, 3.05) is 0 Å². The van der Waals surface area contributed by atoms with Crippen molar-refractivity contribution in [2.45, 2.75) is 50.3 Å². The first-order chi connectivity index (χ1) is 7.02. The Morgan fingerprint density at radius 3 is 2.25 bits per heavy atom. The van der Waals surface area contributed by atoms with Crippen LogP contribution in [0.4, 0.5) is 8.78 Å². The average molecular weight is 246 g/mol. The zero-order chi connectivity index (χ0) is 12.8. The number of alkyl halides is 1. The molecule has 16 heavy (non-hydrogen) atoms. The standard InChI is InChI=1S/C12H20F2OSi/c1-11(2,3)16(4,5)12(14)7-6-9(13)8-10(12)15/h6-8,10,15H,1-5H3. The lowest BCUT2D eigenvalue weighted by molar-refractivity contribution is 0.102. The lowest BCUT2D eigenvalue weighted by Crippen LogP contribution is -2.62. The molecule has 1 N–H and O–H groups in total. The molecular weight excluding hydrogens is 226 g/mol. The molecule has 0 aromatic carbocycles. The van der Waals surface area contributed by atoms with E-state index in [0.717, 1.165) is 12.2 Å². The van der Waals surface area contributed by atoms with Gasteiger partial charge in [0.1, 0.15) is 25.3 Å². The first-order valence-electron chi connectivity index (χ1n) is 5.46. The Kier molecular flexibility index (Phi) is 3.20. The van der Waals surface area contributed by atoms with Gasteiger partial charge in [0.25, 0.3) is 0 Å². The molecule has 0 radical (unpaired) electrons. The van der Waals surface area contributed by atoms with Crippen molar-refractivity contribution in [1.82, 2.24) is 0 Å². The van der Waals surface area contributed by atoms with Crippen LogP contribution >= 0.6 is 0 Å². The summed E-state index contributed by atoms with van der Waals surface area (Å²) in [6.45, 7) is 9.68. The van der Waals surface area contributed by atoms with E-state index >= 15 is 0 Å². The summed E-state index contributed by atoms with van der Waals surface area (Å²) in [6.07, 6.45) is 1.90. The van der Waals surface area contributed by atoms with Crippen LogP contribution in [0, 0.1) is 0 Å². The van der Waals surface area contributed by atoms with E-state index in [1.54, 1.807) is 0 Å². The van der Waals surface area contributed by atoms with Gasteiger partial charge >= 0.3 is 0 Å². The van der Waals surface area contributed by atoms with Gasteiger partial charge in [-0.05, 0) is 23.3 Å². The second kappa shape index (κ2) is 3.77. The highest BCUT2D eigenvalue weighted by Gasteiger charge is 2.56. The number of hydrogen-bond donors (Lipinski definition) is 1. The summed E-state index contributed by atoms with van der Waals surface area (Å²) in [5, 5.41) is 7.77. The summed E-state index contributed by atoms with van der Waals surface area (Å²) in [4.78, 5) is 0. The first kappa shape index (κ1) is 13.6. The van der Waals surface area contributed by atoms with E-state index in [1.165, 1.54) is 6.08 Å². The largest absolute Gasteiger partial charge is 0.386 e. The molecule has 1 aliphatic carbocycles. The molecule has 4 heteroatoms. The van der Waals surface area contributed by atoms with Gasteiger partial charge in [0, 0.05) is 0 Å². The summed E-state index contributed by atoms with van der Waals surface area (Å²) >= 11 is 0. The zero-order valence-electron chi connectivity index (χ0n) is 10.5. The van der Waals surface area contributed by atoms with Crippen molar-refractivity contribution < 1.29 is 13.9 Å². The summed E-state index contributed by atoms with van der Waals surface area (Å²) in [7, 11) is -2.44. The van der Waals surface area contributed by atoms with Crippen LogP contribution in [0.25, 0.3) is 0 Å². The highest BCUT2D eigenvalue weighted by molar-refractivity contribution is 6.83. The number of aliphatic hydroxyl groups excluding tert-OH is 1. The van der Waals surface area contributed by atoms with Crippen LogP contribution in [0.1, 0.15) is 20.8 Å². The van der Waals surface area contributed by atoms with Crippen molar-refractivity contribution in [2.24, 2.45) is 0 Å². The molecule has 0 spiro atoms. The molecule has 0 aromatic rings. The molecule has 2 unspecified atom stereocenters. The molecule has 0 amide bonds. The first-order valence-corrected chi connectivity index (χ1v) is 8.46. The monoisotopic (exact) mass is 246 g/mol. The van der Waals surface area contributed by atoms with E-state index in [-0.39, 0.29) is 5.04 Å². The fourth-order valence-corrected chi connectivity index (χ4v) is 4.25. The molecule has 1 nitrogen and oxygen atoms in total. The summed E-state index contributed by atoms with van der Waals surface area (Å²) < 4.78 is 27.9. The molecule has 0 saturated carbocycles. The fraction of sp³-hybridized carbons (Fsp3) is 0.667. The van der Waals surface area contributed by atoms with Gasteiger partial charge in [-0.15, -0.1) is 0 Å². The van der Waals surface area contributed by atoms with E-state index < -0.39 is 25.3 Å². The SMILES string of the molecule is CC(C)(C)[Si](C)(C)C1(F)C=CC(F)=CC1O. The molecule has 2 atom stereocenters. The maximum atomic E-state index is 14.9. The molecule has 1 rings (SSSR count). The Hall–Kier alpha value is -0.483. The quantitative estimate of drug-likeness (QED) is 0.702. The number of halogens is 2. The van der Waals surface area contributed by atoms with Gasteiger partial charge in [0.2, 0.25) is 0 Å². The van der Waals surface area contributed by atoms with Gasteiger partial charge in [-0.2, -0.15) is 0 Å². The second-order valence-corrected chi connectivity index (χ2v) is 11.5. The maximum Gasteiger partial charge on any atom is 0.146 e. The van der Waals surface area contributed by atoms with E-state index in [1.807, 2.05) is 33.9 Å². The van der Waals surface area contributed by atoms with Crippen LogP contribution in [-0.4, -0.2) is 24.6 Å². The highest BCUT2D eigenvalue weighted by Crippen LogP contribution is 2.48. The predicted octanol–water partition coefficient (Wildman–Crippen LogP) is 3.53. The maximum absolute atomic E-state index is 14.9. The van der Waals surface area contributed by atoms with Crippen LogP contribution < -0.4 is 0 Å². The summed E-state index contributed by atoms with van der Waals surface area (Å²) in [5.41, 5.74) is 0. The minimum atomic E-state index is -2.44. The Bertz CT molecular complexity index is 341. The molecule has 92 valence electrons. The molecule has 0 saturated heterocycles. The average Bonchev–Trinajstić information content (AvgIpc) is 2.10. The second-order valence-electron chi connectivity index (χ2n) is 5.97. The van der Waals surface area contributed by atoms with Crippen LogP contribution in [0.15, 0.2) is 24.1 Å². The van der Waals surface area contributed by atoms with Gasteiger partial charge < -0.3 is 5.11 Å². The third-order valence-electron chi connectivity index (χ3n) is 4.07. The van der Waals surface area contributed by atoms with Crippen molar-refractivity contribution in [3.8, 4) is 0 Å². The number of allylic oxidation sites excluding steroid dienone is 2. The smallest absolute Gasteiger partial charge is 0.146 e. The molecule has 0 fully saturated rings. The third kappa shape index (κ3) is 1.89. The lowest BCUT2D eigenvalue weighted by atomic mass is 10.1. The van der Waals surface area contributed by atoms with Gasteiger partial charge in [0.05, 0.1) is 0 Å². The molecule has 1 aliphatic rings. The normalized spacial score (nSPS) is 31.5. The lowest BCUT2D eigenvalue weighted by Gasteiger charge is -2.48. The number of rotatable bonds is 1. The van der Waals surface area contributed by atoms with Crippen LogP contribution in [0.2, 0.25) is 18.1 Å². The summed E-state index contributed by atoms with van der Waals surface area (Å²) in [6, 6.07) is 0. The molecular formula is C12H20F2OSi. The number of hydrogen-bond acceptors (Lipinski definition) is 1. The topological polar surface area (TPSA) is 20.2 Å². The Labute approximate surface area is 96.9 Å². The van der Waals surface area contributed by atoms with E-state index in [2.05, 4.69) is 0 Å².